The summed E-state index contributed by atoms with van der Waals surface area (Å²) in [4.78, 5) is 23.1. The van der Waals surface area contributed by atoms with Crippen LogP contribution in [0.5, 0.6) is 0 Å². The van der Waals surface area contributed by atoms with Crippen molar-refractivity contribution in [1.82, 2.24) is 0 Å². The lowest BCUT2D eigenvalue weighted by atomic mass is 9.45. The van der Waals surface area contributed by atoms with Crippen LogP contribution in [0, 0.1) is 22.7 Å². The molecule has 2 aliphatic carbocycles. The Morgan fingerprint density at radius 3 is 2.27 bits per heavy atom. The molecule has 0 spiro atoms. The molecule has 2 fully saturated rings. The molecule has 0 aromatic carbocycles. The standard InChI is InChI=1S/C22H38O4/c1-15(25-16(2)23)9-10-19-21(6)13-8-12-20(4,5)18(21)11-14-22(19,7)26-17(3)24/h15,18-19H,8-14H2,1-7H3/t15?,18-,19+,21-,22+/m0/s1. The number of ether oxygens (including phenoxy) is 2. The minimum absolute atomic E-state index is 0.102. The molecule has 0 radical (unpaired) electrons. The van der Waals surface area contributed by atoms with E-state index in [2.05, 4.69) is 27.7 Å². The van der Waals surface area contributed by atoms with Crippen LogP contribution < -0.4 is 0 Å². The van der Waals surface area contributed by atoms with Crippen molar-refractivity contribution in [1.29, 1.82) is 0 Å². The summed E-state index contributed by atoms with van der Waals surface area (Å²) in [6.07, 6.45) is 7.34. The summed E-state index contributed by atoms with van der Waals surface area (Å²) < 4.78 is 11.3. The number of rotatable bonds is 5. The molecule has 0 aromatic rings. The van der Waals surface area contributed by atoms with Gasteiger partial charge in [-0.1, -0.05) is 27.2 Å². The largest absolute Gasteiger partial charge is 0.463 e. The molecule has 0 saturated heterocycles. The lowest BCUT2D eigenvalue weighted by Gasteiger charge is -2.62. The van der Waals surface area contributed by atoms with Gasteiger partial charge in [0.25, 0.3) is 0 Å². The zero-order chi connectivity index (χ0) is 19.8. The molecule has 5 atom stereocenters. The molecule has 0 bridgehead atoms. The fraction of sp³-hybridized carbons (Fsp3) is 0.909. The normalized spacial score (nSPS) is 37.3. The molecule has 1 unspecified atom stereocenters. The van der Waals surface area contributed by atoms with Crippen LogP contribution in [0.4, 0.5) is 0 Å². The first kappa shape index (κ1) is 21.2. The van der Waals surface area contributed by atoms with E-state index in [0.717, 1.165) is 25.7 Å². The highest BCUT2D eigenvalue weighted by molar-refractivity contribution is 5.66. The van der Waals surface area contributed by atoms with E-state index >= 15 is 0 Å². The van der Waals surface area contributed by atoms with E-state index < -0.39 is 5.60 Å². The number of carbonyl (C=O) groups is 2. The Morgan fingerprint density at radius 1 is 1.04 bits per heavy atom. The predicted octanol–water partition coefficient (Wildman–Crippen LogP) is 5.28. The van der Waals surface area contributed by atoms with Crippen LogP contribution in [-0.2, 0) is 19.1 Å². The average molecular weight is 367 g/mol. The van der Waals surface area contributed by atoms with Gasteiger partial charge in [-0.05, 0) is 69.1 Å². The Balaban J connectivity index is 2.29. The summed E-state index contributed by atoms with van der Waals surface area (Å²) >= 11 is 0. The molecule has 4 heteroatoms. The van der Waals surface area contributed by atoms with E-state index in [1.807, 2.05) is 6.92 Å². The summed E-state index contributed by atoms with van der Waals surface area (Å²) in [6.45, 7) is 14.3. The minimum atomic E-state index is -0.430. The number of hydrogen-bond donors (Lipinski definition) is 0. The highest BCUT2D eigenvalue weighted by Gasteiger charge is 2.59. The SMILES string of the molecule is CC(=O)OC(C)CC[C@@H]1[C@@]2(C)CCCC(C)(C)[C@@H]2CC[C@@]1(C)OC(C)=O. The number of fused-ring (bicyclic) bond motifs is 1. The summed E-state index contributed by atoms with van der Waals surface area (Å²) in [5.41, 5.74) is 0.0465. The van der Waals surface area contributed by atoms with Crippen LogP contribution in [0.25, 0.3) is 0 Å². The van der Waals surface area contributed by atoms with Crippen LogP contribution in [-0.4, -0.2) is 23.6 Å². The van der Waals surface area contributed by atoms with E-state index in [1.54, 1.807) is 0 Å². The van der Waals surface area contributed by atoms with Crippen molar-refractivity contribution in [3.05, 3.63) is 0 Å². The molecular formula is C22H38O4. The van der Waals surface area contributed by atoms with Gasteiger partial charge in [0.2, 0.25) is 0 Å². The average Bonchev–Trinajstić information content (AvgIpc) is 2.43. The van der Waals surface area contributed by atoms with E-state index in [1.165, 1.54) is 33.1 Å². The van der Waals surface area contributed by atoms with Crippen molar-refractivity contribution in [3.63, 3.8) is 0 Å². The van der Waals surface area contributed by atoms with Crippen molar-refractivity contribution >= 4 is 11.9 Å². The quantitative estimate of drug-likeness (QED) is 0.621. The molecule has 2 saturated carbocycles. The molecule has 26 heavy (non-hydrogen) atoms. The van der Waals surface area contributed by atoms with Crippen molar-refractivity contribution in [2.24, 2.45) is 22.7 Å². The molecule has 0 aromatic heterocycles. The second-order valence-electron chi connectivity index (χ2n) is 9.90. The van der Waals surface area contributed by atoms with Crippen LogP contribution in [0.1, 0.15) is 93.4 Å². The molecule has 150 valence electrons. The highest BCUT2D eigenvalue weighted by Crippen LogP contribution is 2.63. The molecule has 0 amide bonds. The molecule has 2 aliphatic rings. The van der Waals surface area contributed by atoms with Crippen LogP contribution in [0.15, 0.2) is 0 Å². The molecule has 4 nitrogen and oxygen atoms in total. The first-order chi connectivity index (χ1) is 11.9. The van der Waals surface area contributed by atoms with E-state index in [4.69, 9.17) is 9.47 Å². The zero-order valence-corrected chi connectivity index (χ0v) is 17.8. The van der Waals surface area contributed by atoms with Gasteiger partial charge in [-0.2, -0.15) is 0 Å². The second-order valence-corrected chi connectivity index (χ2v) is 9.90. The lowest BCUT2D eigenvalue weighted by Crippen LogP contribution is -2.58. The topological polar surface area (TPSA) is 52.6 Å². The third-order valence-electron chi connectivity index (χ3n) is 7.34. The Labute approximate surface area is 159 Å². The lowest BCUT2D eigenvalue weighted by molar-refractivity contribution is -0.200. The van der Waals surface area contributed by atoms with Gasteiger partial charge in [0.1, 0.15) is 5.60 Å². The third kappa shape index (κ3) is 4.26. The van der Waals surface area contributed by atoms with Crippen molar-refractivity contribution in [3.8, 4) is 0 Å². The third-order valence-corrected chi connectivity index (χ3v) is 7.34. The second kappa shape index (κ2) is 7.52. The van der Waals surface area contributed by atoms with Gasteiger partial charge in [-0.3, -0.25) is 9.59 Å². The Hall–Kier alpha value is -1.06. The van der Waals surface area contributed by atoms with E-state index in [-0.39, 0.29) is 29.4 Å². The summed E-state index contributed by atoms with van der Waals surface area (Å²) in [5.74, 6) is 0.506. The minimum Gasteiger partial charge on any atom is -0.463 e. The van der Waals surface area contributed by atoms with Crippen molar-refractivity contribution < 1.29 is 19.1 Å². The summed E-state index contributed by atoms with van der Waals surface area (Å²) in [5, 5.41) is 0. The van der Waals surface area contributed by atoms with Gasteiger partial charge in [-0.25, -0.2) is 0 Å². The highest BCUT2D eigenvalue weighted by atomic mass is 16.6. The molecule has 0 heterocycles. The Bertz CT molecular complexity index is 540. The van der Waals surface area contributed by atoms with E-state index in [0.29, 0.717) is 11.3 Å². The monoisotopic (exact) mass is 366 g/mol. The van der Waals surface area contributed by atoms with Crippen molar-refractivity contribution in [2.45, 2.75) is 105 Å². The maximum absolute atomic E-state index is 11.8. The van der Waals surface area contributed by atoms with Gasteiger partial charge in [0.05, 0.1) is 6.10 Å². The fourth-order valence-electron chi connectivity index (χ4n) is 6.44. The number of esters is 2. The van der Waals surface area contributed by atoms with E-state index in [9.17, 15) is 9.59 Å². The van der Waals surface area contributed by atoms with Crippen LogP contribution in [0.2, 0.25) is 0 Å². The molecule has 2 rings (SSSR count). The van der Waals surface area contributed by atoms with Gasteiger partial charge in [0.15, 0.2) is 0 Å². The summed E-state index contributed by atoms with van der Waals surface area (Å²) in [7, 11) is 0. The van der Waals surface area contributed by atoms with Crippen molar-refractivity contribution in [2.75, 3.05) is 0 Å². The van der Waals surface area contributed by atoms with Gasteiger partial charge >= 0.3 is 11.9 Å². The fourth-order valence-corrected chi connectivity index (χ4v) is 6.44. The first-order valence-electron chi connectivity index (χ1n) is 10.3. The zero-order valence-electron chi connectivity index (χ0n) is 17.8. The maximum Gasteiger partial charge on any atom is 0.303 e. The Morgan fingerprint density at radius 2 is 1.69 bits per heavy atom. The number of hydrogen-bond acceptors (Lipinski definition) is 4. The van der Waals surface area contributed by atoms with Crippen LogP contribution >= 0.6 is 0 Å². The van der Waals surface area contributed by atoms with Crippen LogP contribution in [0.3, 0.4) is 0 Å². The molecule has 0 N–H and O–H groups in total. The molecular weight excluding hydrogens is 328 g/mol. The summed E-state index contributed by atoms with van der Waals surface area (Å²) in [6, 6.07) is 0. The first-order valence-corrected chi connectivity index (χ1v) is 10.3. The predicted molar refractivity (Wildman–Crippen MR) is 103 cm³/mol. The number of carbonyl (C=O) groups excluding carboxylic acids is 2. The smallest absolute Gasteiger partial charge is 0.303 e. The maximum atomic E-state index is 11.8. The van der Waals surface area contributed by atoms with Gasteiger partial charge in [0, 0.05) is 19.8 Å². The van der Waals surface area contributed by atoms with Gasteiger partial charge in [-0.15, -0.1) is 0 Å². The Kier molecular flexibility index (Phi) is 6.14. The van der Waals surface area contributed by atoms with Gasteiger partial charge < -0.3 is 9.47 Å². The molecule has 0 aliphatic heterocycles.